The van der Waals surface area contributed by atoms with Gasteiger partial charge in [0, 0.05) is 22.9 Å². The summed E-state index contributed by atoms with van der Waals surface area (Å²) in [5.74, 6) is -0.450. The molecule has 0 spiro atoms. The average molecular weight is 424 g/mol. The summed E-state index contributed by atoms with van der Waals surface area (Å²) in [7, 11) is 2.93. The summed E-state index contributed by atoms with van der Waals surface area (Å²) < 4.78 is 11.1. The molecule has 0 saturated heterocycles. The second kappa shape index (κ2) is 9.52. The number of aryl methyl sites for hydroxylation is 1. The van der Waals surface area contributed by atoms with Gasteiger partial charge in [0.1, 0.15) is 17.2 Å². The molecule has 2 rings (SSSR count). The van der Waals surface area contributed by atoms with Gasteiger partial charge in [0.25, 0.3) is 5.91 Å². The van der Waals surface area contributed by atoms with Crippen LogP contribution in [0.5, 0.6) is 11.5 Å². The molecular formula is C19H19Cl2N3O4. The van der Waals surface area contributed by atoms with Gasteiger partial charge in [-0.2, -0.15) is 10.2 Å². The van der Waals surface area contributed by atoms with Crippen LogP contribution in [0.15, 0.2) is 46.6 Å². The zero-order valence-electron chi connectivity index (χ0n) is 15.8. The zero-order valence-corrected chi connectivity index (χ0v) is 17.3. The van der Waals surface area contributed by atoms with Crippen LogP contribution in [-0.4, -0.2) is 32.0 Å². The van der Waals surface area contributed by atoms with Crippen LogP contribution in [0.4, 0.5) is 11.4 Å². The fourth-order valence-electron chi connectivity index (χ4n) is 2.25. The molecule has 2 aromatic rings. The third-order valence-electron chi connectivity index (χ3n) is 3.85. The van der Waals surface area contributed by atoms with E-state index in [0.717, 1.165) is 9.98 Å². The van der Waals surface area contributed by atoms with Gasteiger partial charge in [-0.3, -0.25) is 9.59 Å². The van der Waals surface area contributed by atoms with Crippen LogP contribution in [0.2, 0.25) is 5.02 Å². The number of benzene rings is 2. The largest absolute Gasteiger partial charge is 0.497 e. The fourth-order valence-corrected chi connectivity index (χ4v) is 2.65. The highest BCUT2D eigenvalue weighted by Gasteiger charge is 2.30. The molecule has 2 aromatic carbocycles. The van der Waals surface area contributed by atoms with Gasteiger partial charge in [-0.1, -0.05) is 17.7 Å². The molecule has 0 heterocycles. The standard InChI is InChI=1S/C19H19Cl2N3O4/c1-11-5-6-13(9-15(11)20)22-23-18(12(2)25)19(26)24(21)16-8-7-14(27-3)10-17(16)28-4/h5-10,18H,1-4H3. The molecule has 0 aliphatic rings. The number of hydrogen-bond donors (Lipinski definition) is 0. The number of methoxy groups -OCH3 is 2. The van der Waals surface area contributed by atoms with Crippen molar-refractivity contribution in [1.29, 1.82) is 0 Å². The van der Waals surface area contributed by atoms with E-state index >= 15 is 0 Å². The number of azo groups is 1. The van der Waals surface area contributed by atoms with Crippen LogP contribution < -0.4 is 13.9 Å². The Morgan fingerprint density at radius 2 is 1.82 bits per heavy atom. The molecule has 0 N–H and O–H groups in total. The highest BCUT2D eigenvalue weighted by molar-refractivity contribution is 6.39. The Balaban J connectivity index is 2.30. The number of carbonyl (C=O) groups is 2. The summed E-state index contributed by atoms with van der Waals surface area (Å²) in [4.78, 5) is 24.7. The molecule has 0 radical (unpaired) electrons. The van der Waals surface area contributed by atoms with Crippen molar-refractivity contribution in [3.63, 3.8) is 0 Å². The van der Waals surface area contributed by atoms with Crippen LogP contribution in [0, 0.1) is 6.92 Å². The number of rotatable bonds is 7. The summed E-state index contributed by atoms with van der Waals surface area (Å²) in [6.07, 6.45) is 0. The van der Waals surface area contributed by atoms with Gasteiger partial charge < -0.3 is 9.47 Å². The lowest BCUT2D eigenvalue weighted by molar-refractivity contribution is -0.126. The van der Waals surface area contributed by atoms with Crippen molar-refractivity contribution >= 4 is 46.4 Å². The molecule has 0 aliphatic heterocycles. The predicted octanol–water partition coefficient (Wildman–Crippen LogP) is 4.89. The highest BCUT2D eigenvalue weighted by Crippen LogP contribution is 2.34. The fraction of sp³-hybridized carbons (Fsp3) is 0.263. The Morgan fingerprint density at radius 1 is 1.11 bits per heavy atom. The zero-order chi connectivity index (χ0) is 20.8. The maximum absolute atomic E-state index is 12.8. The molecule has 28 heavy (non-hydrogen) atoms. The van der Waals surface area contributed by atoms with Crippen LogP contribution in [0.25, 0.3) is 0 Å². The second-order valence-electron chi connectivity index (χ2n) is 5.82. The summed E-state index contributed by atoms with van der Waals surface area (Å²) >= 11 is 12.2. The van der Waals surface area contributed by atoms with Crippen molar-refractivity contribution in [2.45, 2.75) is 19.9 Å². The number of carbonyl (C=O) groups excluding carboxylic acids is 2. The monoisotopic (exact) mass is 423 g/mol. The van der Waals surface area contributed by atoms with Gasteiger partial charge in [0.2, 0.25) is 6.04 Å². The lowest BCUT2D eigenvalue weighted by atomic mass is 10.2. The van der Waals surface area contributed by atoms with Gasteiger partial charge in [-0.15, -0.1) is 0 Å². The van der Waals surface area contributed by atoms with E-state index in [1.54, 1.807) is 30.3 Å². The van der Waals surface area contributed by atoms with E-state index < -0.39 is 17.7 Å². The first-order chi connectivity index (χ1) is 13.3. The number of nitrogens with zero attached hydrogens (tertiary/aromatic N) is 3. The van der Waals surface area contributed by atoms with E-state index in [-0.39, 0.29) is 5.69 Å². The predicted molar refractivity (Wildman–Crippen MR) is 108 cm³/mol. The van der Waals surface area contributed by atoms with Gasteiger partial charge in [0.05, 0.1) is 19.9 Å². The van der Waals surface area contributed by atoms with Crippen molar-refractivity contribution in [3.8, 4) is 11.5 Å². The Hall–Kier alpha value is -2.64. The van der Waals surface area contributed by atoms with Crippen LogP contribution in [0.3, 0.4) is 0 Å². The highest BCUT2D eigenvalue weighted by atomic mass is 35.5. The maximum atomic E-state index is 12.8. The van der Waals surface area contributed by atoms with E-state index in [9.17, 15) is 9.59 Å². The molecule has 1 unspecified atom stereocenters. The number of amides is 1. The van der Waals surface area contributed by atoms with Gasteiger partial charge >= 0.3 is 0 Å². The van der Waals surface area contributed by atoms with Crippen molar-refractivity contribution in [2.24, 2.45) is 10.2 Å². The van der Waals surface area contributed by atoms with E-state index in [1.807, 2.05) is 6.92 Å². The normalized spacial score (nSPS) is 11.9. The lowest BCUT2D eigenvalue weighted by Crippen LogP contribution is -2.36. The molecule has 7 nitrogen and oxygen atoms in total. The molecule has 1 amide bonds. The molecule has 0 saturated carbocycles. The minimum absolute atomic E-state index is 0.245. The SMILES string of the molecule is COc1ccc(N(Cl)C(=O)C(N=Nc2ccc(C)c(Cl)c2)C(C)=O)c(OC)c1. The van der Waals surface area contributed by atoms with Crippen molar-refractivity contribution in [1.82, 2.24) is 0 Å². The topological polar surface area (TPSA) is 80.6 Å². The van der Waals surface area contributed by atoms with Crippen LogP contribution >= 0.6 is 23.4 Å². The second-order valence-corrected chi connectivity index (χ2v) is 6.56. The molecule has 9 heteroatoms. The minimum Gasteiger partial charge on any atom is -0.497 e. The Labute approximate surface area is 173 Å². The Kier molecular flexibility index (Phi) is 7.37. The molecule has 0 aliphatic carbocycles. The first-order valence-electron chi connectivity index (χ1n) is 8.17. The number of halogens is 2. The summed E-state index contributed by atoms with van der Waals surface area (Å²) in [6, 6.07) is 8.33. The van der Waals surface area contributed by atoms with Gasteiger partial charge in [0.15, 0.2) is 5.78 Å². The van der Waals surface area contributed by atoms with Gasteiger partial charge in [-0.05, 0) is 43.7 Å². The average Bonchev–Trinajstić information content (AvgIpc) is 2.69. The van der Waals surface area contributed by atoms with E-state index in [2.05, 4.69) is 10.2 Å². The third-order valence-corrected chi connectivity index (χ3v) is 4.61. The van der Waals surface area contributed by atoms with Crippen LogP contribution in [0.1, 0.15) is 12.5 Å². The summed E-state index contributed by atoms with van der Waals surface area (Å²) in [5.41, 5.74) is 1.53. The Bertz CT molecular complexity index is 918. The minimum atomic E-state index is -1.41. The number of hydrogen-bond acceptors (Lipinski definition) is 6. The molecule has 148 valence electrons. The number of ether oxygens (including phenoxy) is 2. The third kappa shape index (κ3) is 4.99. The maximum Gasteiger partial charge on any atom is 0.276 e. The quantitative estimate of drug-likeness (QED) is 0.360. The van der Waals surface area contributed by atoms with Gasteiger partial charge in [-0.25, -0.2) is 4.42 Å². The summed E-state index contributed by atoms with van der Waals surface area (Å²) in [5, 5.41) is 8.34. The number of Topliss-reactive ketones (excluding diaryl/α,β-unsaturated/α-hetero) is 1. The van der Waals surface area contributed by atoms with E-state index in [4.69, 9.17) is 32.9 Å². The van der Waals surface area contributed by atoms with E-state index in [0.29, 0.717) is 22.2 Å². The molecule has 1 atom stereocenters. The summed E-state index contributed by atoms with van der Waals surface area (Å²) in [6.45, 7) is 3.08. The lowest BCUT2D eigenvalue weighted by Gasteiger charge is -2.19. The molecule has 0 aromatic heterocycles. The first-order valence-corrected chi connectivity index (χ1v) is 8.89. The van der Waals surface area contributed by atoms with Crippen LogP contribution in [-0.2, 0) is 9.59 Å². The smallest absolute Gasteiger partial charge is 0.276 e. The number of ketones is 1. The molecular weight excluding hydrogens is 405 g/mol. The number of anilines is 1. The molecule has 0 fully saturated rings. The van der Waals surface area contributed by atoms with Crippen molar-refractivity contribution in [3.05, 3.63) is 47.0 Å². The van der Waals surface area contributed by atoms with Crippen molar-refractivity contribution in [2.75, 3.05) is 18.6 Å². The van der Waals surface area contributed by atoms with E-state index in [1.165, 1.54) is 27.2 Å². The Morgan fingerprint density at radius 3 is 2.39 bits per heavy atom. The molecule has 0 bridgehead atoms. The van der Waals surface area contributed by atoms with Crippen molar-refractivity contribution < 1.29 is 19.1 Å². The first kappa shape index (κ1) is 21.7.